The molecule has 1 aromatic heterocycles. The molecule has 3 aromatic carbocycles. The van der Waals surface area contributed by atoms with E-state index in [1.54, 1.807) is 12.1 Å². The van der Waals surface area contributed by atoms with Crippen LogP contribution in [0.25, 0.3) is 11.1 Å². The monoisotopic (exact) mass is 480 g/mol. The van der Waals surface area contributed by atoms with Crippen molar-refractivity contribution >= 4 is 11.9 Å². The summed E-state index contributed by atoms with van der Waals surface area (Å²) in [4.78, 5) is 15.2. The summed E-state index contributed by atoms with van der Waals surface area (Å²) in [6.07, 6.45) is -0.817. The smallest absolute Gasteiger partial charge is 0.449 e. The lowest BCUT2D eigenvalue weighted by Crippen LogP contribution is -2.12. The highest BCUT2D eigenvalue weighted by molar-refractivity contribution is 6.01. The van der Waals surface area contributed by atoms with Crippen LogP contribution in [0.5, 0.6) is 5.75 Å². The van der Waals surface area contributed by atoms with E-state index < -0.39 is 6.16 Å². The number of hydrogen-bond donors (Lipinski definition) is 2. The fraction of sp³-hybridized carbons (Fsp3) is 0.167. The Kier molecular flexibility index (Phi) is 7.44. The molecule has 0 aliphatic carbocycles. The standard InChI is InChI=1S/C30H28N2O4/c1-19-6-4-5-7-27(19)28(18-29(32-35)25-16-20(2)31-21(3)17-25)24-10-8-22(9-11-24)23-12-14-26(15-13-23)36-30(33)34/h4-17,28,35H,18H2,1-3H3,(H,33,34)/b32-29+/t28-/m1/s1. The quantitative estimate of drug-likeness (QED) is 0.0965. The van der Waals surface area contributed by atoms with Gasteiger partial charge in [0, 0.05) is 29.3 Å². The van der Waals surface area contributed by atoms with Gasteiger partial charge in [0.2, 0.25) is 0 Å². The van der Waals surface area contributed by atoms with Gasteiger partial charge in [0.15, 0.2) is 0 Å². The zero-order valence-corrected chi connectivity index (χ0v) is 20.5. The number of rotatable bonds is 7. The Morgan fingerprint density at radius 2 is 1.47 bits per heavy atom. The number of pyridine rings is 1. The number of ether oxygens (including phenoxy) is 1. The SMILES string of the molecule is Cc1cc(/C(C[C@H](c2ccc(-c3ccc(OC(=O)O)cc3)cc2)c2ccccc2C)=N/O)cc(C)n1. The van der Waals surface area contributed by atoms with Crippen molar-refractivity contribution in [2.24, 2.45) is 5.16 Å². The molecule has 0 saturated carbocycles. The maximum absolute atomic E-state index is 10.7. The van der Waals surface area contributed by atoms with Crippen molar-refractivity contribution in [3.8, 4) is 16.9 Å². The van der Waals surface area contributed by atoms with Gasteiger partial charge in [-0.05, 0) is 72.9 Å². The molecule has 0 unspecified atom stereocenters. The van der Waals surface area contributed by atoms with Gasteiger partial charge in [-0.2, -0.15) is 0 Å². The van der Waals surface area contributed by atoms with E-state index in [9.17, 15) is 10.0 Å². The van der Waals surface area contributed by atoms with Gasteiger partial charge in [-0.1, -0.05) is 65.8 Å². The van der Waals surface area contributed by atoms with Gasteiger partial charge in [0.1, 0.15) is 5.75 Å². The lowest BCUT2D eigenvalue weighted by molar-refractivity contribution is 0.144. The molecule has 6 nitrogen and oxygen atoms in total. The van der Waals surface area contributed by atoms with Crippen LogP contribution in [0.4, 0.5) is 4.79 Å². The summed E-state index contributed by atoms with van der Waals surface area (Å²) in [5.41, 5.74) is 8.61. The van der Waals surface area contributed by atoms with Crippen LogP contribution < -0.4 is 4.74 Å². The second kappa shape index (κ2) is 10.9. The van der Waals surface area contributed by atoms with Crippen molar-refractivity contribution in [3.05, 3.63) is 119 Å². The molecule has 0 bridgehead atoms. The minimum absolute atomic E-state index is 0.0220. The third-order valence-electron chi connectivity index (χ3n) is 6.20. The van der Waals surface area contributed by atoms with Gasteiger partial charge in [-0.15, -0.1) is 0 Å². The molecule has 0 aliphatic heterocycles. The van der Waals surface area contributed by atoms with E-state index in [-0.39, 0.29) is 11.7 Å². The van der Waals surface area contributed by atoms with Crippen molar-refractivity contribution in [3.63, 3.8) is 0 Å². The first-order valence-electron chi connectivity index (χ1n) is 11.7. The van der Waals surface area contributed by atoms with E-state index in [4.69, 9.17) is 9.84 Å². The van der Waals surface area contributed by atoms with Gasteiger partial charge in [0.05, 0.1) is 5.71 Å². The number of carboxylic acid groups (broad SMARTS) is 1. The molecule has 1 heterocycles. The predicted octanol–water partition coefficient (Wildman–Crippen LogP) is 7.13. The van der Waals surface area contributed by atoms with Crippen LogP contribution in [-0.4, -0.2) is 27.2 Å². The molecule has 0 aliphatic rings. The summed E-state index contributed by atoms with van der Waals surface area (Å²) in [7, 11) is 0. The summed E-state index contributed by atoms with van der Waals surface area (Å²) in [5.74, 6) is 0.256. The fourth-order valence-electron chi connectivity index (χ4n) is 4.52. The fourth-order valence-corrected chi connectivity index (χ4v) is 4.52. The number of aryl methyl sites for hydroxylation is 3. The first kappa shape index (κ1) is 24.7. The molecule has 0 saturated heterocycles. The Balaban J connectivity index is 1.67. The van der Waals surface area contributed by atoms with Crippen LogP contribution in [0.15, 0.2) is 90.1 Å². The molecule has 2 N–H and O–H groups in total. The summed E-state index contributed by atoms with van der Waals surface area (Å²) < 4.78 is 4.70. The van der Waals surface area contributed by atoms with Crippen molar-refractivity contribution in [2.45, 2.75) is 33.1 Å². The molecule has 4 aromatic rings. The lowest BCUT2D eigenvalue weighted by Gasteiger charge is -2.21. The first-order valence-corrected chi connectivity index (χ1v) is 11.7. The Labute approximate surface area is 210 Å². The van der Waals surface area contributed by atoms with Crippen LogP contribution in [0.1, 0.15) is 46.0 Å². The van der Waals surface area contributed by atoms with E-state index in [1.165, 1.54) is 11.1 Å². The van der Waals surface area contributed by atoms with Gasteiger partial charge in [-0.3, -0.25) is 4.98 Å². The number of carbonyl (C=O) groups is 1. The van der Waals surface area contributed by atoms with E-state index in [0.29, 0.717) is 12.1 Å². The topological polar surface area (TPSA) is 92.0 Å². The minimum Gasteiger partial charge on any atom is -0.449 e. The van der Waals surface area contributed by atoms with E-state index in [1.807, 2.05) is 62.4 Å². The Morgan fingerprint density at radius 3 is 2.03 bits per heavy atom. The third-order valence-corrected chi connectivity index (χ3v) is 6.20. The molecule has 6 heteroatoms. The van der Waals surface area contributed by atoms with Crippen molar-refractivity contribution in [2.75, 3.05) is 0 Å². The van der Waals surface area contributed by atoms with Crippen LogP contribution in [0.3, 0.4) is 0 Å². The van der Waals surface area contributed by atoms with E-state index >= 15 is 0 Å². The predicted molar refractivity (Wildman–Crippen MR) is 140 cm³/mol. The van der Waals surface area contributed by atoms with E-state index in [2.05, 4.69) is 41.3 Å². The molecule has 0 spiro atoms. The average Bonchev–Trinajstić information content (AvgIpc) is 2.85. The highest BCUT2D eigenvalue weighted by atomic mass is 16.7. The molecule has 4 rings (SSSR count). The zero-order chi connectivity index (χ0) is 25.7. The van der Waals surface area contributed by atoms with Gasteiger partial charge < -0.3 is 15.1 Å². The Hall–Kier alpha value is -4.45. The number of nitrogens with zero attached hydrogens (tertiary/aromatic N) is 2. The zero-order valence-electron chi connectivity index (χ0n) is 20.5. The lowest BCUT2D eigenvalue weighted by atomic mass is 9.83. The number of benzene rings is 3. The van der Waals surface area contributed by atoms with Crippen LogP contribution >= 0.6 is 0 Å². The van der Waals surface area contributed by atoms with Crippen LogP contribution in [0.2, 0.25) is 0 Å². The highest BCUT2D eigenvalue weighted by Gasteiger charge is 2.21. The summed E-state index contributed by atoms with van der Waals surface area (Å²) in [6.45, 7) is 5.96. The van der Waals surface area contributed by atoms with Gasteiger partial charge in [0.25, 0.3) is 0 Å². The number of hydrogen-bond acceptors (Lipinski definition) is 5. The van der Waals surface area contributed by atoms with E-state index in [0.717, 1.165) is 33.6 Å². The molecule has 0 fully saturated rings. The van der Waals surface area contributed by atoms with Crippen LogP contribution in [0, 0.1) is 20.8 Å². The normalized spacial score (nSPS) is 12.2. The molecule has 182 valence electrons. The number of oxime groups is 1. The second-order valence-electron chi connectivity index (χ2n) is 8.81. The van der Waals surface area contributed by atoms with Gasteiger partial charge >= 0.3 is 6.16 Å². The highest BCUT2D eigenvalue weighted by Crippen LogP contribution is 2.33. The minimum atomic E-state index is -1.34. The molecule has 36 heavy (non-hydrogen) atoms. The van der Waals surface area contributed by atoms with Crippen molar-refractivity contribution < 1.29 is 19.8 Å². The second-order valence-corrected chi connectivity index (χ2v) is 8.81. The maximum atomic E-state index is 10.7. The first-order chi connectivity index (χ1) is 17.3. The number of aromatic nitrogens is 1. The molecule has 0 radical (unpaired) electrons. The molecular weight excluding hydrogens is 452 g/mol. The largest absolute Gasteiger partial charge is 0.511 e. The summed E-state index contributed by atoms with van der Waals surface area (Å²) in [5, 5.41) is 22.4. The van der Waals surface area contributed by atoms with Crippen molar-refractivity contribution in [1.29, 1.82) is 0 Å². The van der Waals surface area contributed by atoms with Gasteiger partial charge in [-0.25, -0.2) is 4.79 Å². The molecular formula is C30H28N2O4. The average molecular weight is 481 g/mol. The van der Waals surface area contributed by atoms with Crippen LogP contribution in [-0.2, 0) is 0 Å². The molecule has 0 amide bonds. The van der Waals surface area contributed by atoms with Crippen molar-refractivity contribution in [1.82, 2.24) is 4.98 Å². The third kappa shape index (κ3) is 5.78. The Bertz CT molecular complexity index is 1370. The molecule has 1 atom stereocenters. The summed E-state index contributed by atoms with van der Waals surface area (Å²) in [6, 6.07) is 27.3. The summed E-state index contributed by atoms with van der Waals surface area (Å²) >= 11 is 0. The maximum Gasteiger partial charge on any atom is 0.511 e. The Morgan fingerprint density at radius 1 is 0.889 bits per heavy atom.